The highest BCUT2D eigenvalue weighted by Crippen LogP contribution is 2.53. The number of benzene rings is 2. The SMILES string of the molecule is COc1ccc(NC(=O)c2c(C)oc3ccc(O)c(CN4CC5(C)CC4CC(C)(C)C5)c23)cc1. The van der Waals surface area contributed by atoms with Crippen LogP contribution in [0.4, 0.5) is 5.69 Å². The lowest BCUT2D eigenvalue weighted by Gasteiger charge is -2.40. The first kappa shape index (κ1) is 22.8. The number of hydrogen-bond acceptors (Lipinski definition) is 5. The fourth-order valence-electron chi connectivity index (χ4n) is 6.63. The molecule has 1 aliphatic carbocycles. The van der Waals surface area contributed by atoms with Crippen molar-refractivity contribution in [2.24, 2.45) is 10.8 Å². The third kappa shape index (κ3) is 4.05. The Balaban J connectivity index is 1.49. The number of aryl methyl sites for hydroxylation is 1. The number of likely N-dealkylation sites (tertiary alicyclic amines) is 1. The van der Waals surface area contributed by atoms with Crippen molar-refractivity contribution in [2.75, 3.05) is 19.0 Å². The summed E-state index contributed by atoms with van der Waals surface area (Å²) < 4.78 is 11.2. The molecule has 1 saturated carbocycles. The van der Waals surface area contributed by atoms with Crippen LogP contribution >= 0.6 is 0 Å². The normalized spacial score (nSPS) is 23.9. The monoisotopic (exact) mass is 462 g/mol. The molecule has 34 heavy (non-hydrogen) atoms. The first-order valence-corrected chi connectivity index (χ1v) is 12.0. The molecule has 5 rings (SSSR count). The molecular weight excluding hydrogens is 428 g/mol. The average Bonchev–Trinajstić information content (AvgIpc) is 3.22. The molecule has 1 aliphatic heterocycles. The van der Waals surface area contributed by atoms with Gasteiger partial charge in [-0.2, -0.15) is 0 Å². The molecule has 6 nitrogen and oxygen atoms in total. The van der Waals surface area contributed by atoms with Crippen molar-refractivity contribution in [2.45, 2.75) is 59.5 Å². The van der Waals surface area contributed by atoms with E-state index in [2.05, 4.69) is 31.0 Å². The maximum atomic E-state index is 13.4. The lowest BCUT2D eigenvalue weighted by Crippen LogP contribution is -2.34. The number of ether oxygens (including phenoxy) is 1. The Morgan fingerprint density at radius 2 is 1.91 bits per heavy atom. The van der Waals surface area contributed by atoms with Crippen LogP contribution in [0.2, 0.25) is 0 Å². The Kier molecular flexibility index (Phi) is 5.40. The largest absolute Gasteiger partial charge is 0.508 e. The number of phenols is 1. The lowest BCUT2D eigenvalue weighted by molar-refractivity contribution is 0.102. The van der Waals surface area contributed by atoms with E-state index in [1.54, 1.807) is 50.4 Å². The van der Waals surface area contributed by atoms with Gasteiger partial charge in [0.25, 0.3) is 5.91 Å². The molecule has 1 amide bonds. The first-order valence-electron chi connectivity index (χ1n) is 12.0. The summed E-state index contributed by atoms with van der Waals surface area (Å²) in [6.07, 6.45) is 3.54. The van der Waals surface area contributed by atoms with Crippen LogP contribution in [0, 0.1) is 17.8 Å². The summed E-state index contributed by atoms with van der Waals surface area (Å²) in [5, 5.41) is 14.6. The number of carbonyl (C=O) groups excluding carboxylic acids is 1. The molecule has 2 aliphatic rings. The van der Waals surface area contributed by atoms with Crippen molar-refractivity contribution in [3.05, 3.63) is 53.3 Å². The number of aromatic hydroxyl groups is 1. The Morgan fingerprint density at radius 1 is 1.18 bits per heavy atom. The zero-order valence-electron chi connectivity index (χ0n) is 20.7. The van der Waals surface area contributed by atoms with E-state index in [1.165, 1.54) is 12.8 Å². The molecule has 6 heteroatoms. The van der Waals surface area contributed by atoms with Crippen LogP contribution in [0.3, 0.4) is 0 Å². The number of furan rings is 1. The maximum Gasteiger partial charge on any atom is 0.259 e. The summed E-state index contributed by atoms with van der Waals surface area (Å²) in [5.41, 5.74) is 3.14. The quantitative estimate of drug-likeness (QED) is 0.479. The van der Waals surface area contributed by atoms with E-state index in [4.69, 9.17) is 9.15 Å². The number of nitrogens with one attached hydrogen (secondary N) is 1. The molecular formula is C28H34N2O4. The van der Waals surface area contributed by atoms with Gasteiger partial charge in [0.05, 0.1) is 12.7 Å². The van der Waals surface area contributed by atoms with Gasteiger partial charge in [-0.05, 0) is 73.4 Å². The van der Waals surface area contributed by atoms with E-state index in [0.29, 0.717) is 46.0 Å². The highest BCUT2D eigenvalue weighted by Gasteiger charge is 2.49. The van der Waals surface area contributed by atoms with Crippen LogP contribution in [0.5, 0.6) is 11.5 Å². The van der Waals surface area contributed by atoms with E-state index in [0.717, 1.165) is 24.3 Å². The number of rotatable bonds is 5. The van der Waals surface area contributed by atoms with Gasteiger partial charge >= 0.3 is 0 Å². The van der Waals surface area contributed by atoms with E-state index in [-0.39, 0.29) is 17.1 Å². The van der Waals surface area contributed by atoms with E-state index in [9.17, 15) is 9.90 Å². The van der Waals surface area contributed by atoms with Crippen molar-refractivity contribution < 1.29 is 19.1 Å². The summed E-state index contributed by atoms with van der Waals surface area (Å²) in [5.74, 6) is 1.23. The second kappa shape index (κ2) is 8.05. The standard InChI is InChI=1S/C28H34N2O4/c1-17-24(26(32)29-18-6-8-20(33-5)9-7-18)25-21(22(31)10-11-23(25)34-17)14-30-16-28(4)13-19(30)12-27(2,3)15-28/h6-11,19,31H,12-16H2,1-5H3,(H,29,32). The third-order valence-corrected chi connectivity index (χ3v) is 7.57. The third-order valence-electron chi connectivity index (χ3n) is 7.57. The van der Waals surface area contributed by atoms with Gasteiger partial charge in [-0.15, -0.1) is 0 Å². The van der Waals surface area contributed by atoms with Crippen LogP contribution in [-0.4, -0.2) is 35.6 Å². The van der Waals surface area contributed by atoms with E-state index in [1.807, 2.05) is 0 Å². The van der Waals surface area contributed by atoms with Gasteiger partial charge in [0.2, 0.25) is 0 Å². The predicted octanol–water partition coefficient (Wildman–Crippen LogP) is 6.11. The number of fused-ring (bicyclic) bond motifs is 3. The molecule has 1 saturated heterocycles. The van der Waals surface area contributed by atoms with Crippen molar-refractivity contribution in [1.82, 2.24) is 4.90 Å². The molecule has 2 N–H and O–H groups in total. The van der Waals surface area contributed by atoms with Crippen LogP contribution in [0.25, 0.3) is 11.0 Å². The summed E-state index contributed by atoms with van der Waals surface area (Å²) in [6, 6.07) is 11.1. The summed E-state index contributed by atoms with van der Waals surface area (Å²) in [7, 11) is 1.61. The second-order valence-corrected chi connectivity index (χ2v) is 11.3. The zero-order chi connectivity index (χ0) is 24.3. The van der Waals surface area contributed by atoms with Crippen molar-refractivity contribution in [3.63, 3.8) is 0 Å². The minimum atomic E-state index is -0.249. The lowest BCUT2D eigenvalue weighted by atomic mass is 9.65. The minimum absolute atomic E-state index is 0.206. The van der Waals surface area contributed by atoms with Gasteiger partial charge in [-0.1, -0.05) is 20.8 Å². The molecule has 3 aromatic rings. The fraction of sp³-hybridized carbons (Fsp3) is 0.464. The van der Waals surface area contributed by atoms with E-state index < -0.39 is 0 Å². The molecule has 0 spiro atoms. The minimum Gasteiger partial charge on any atom is -0.508 e. The summed E-state index contributed by atoms with van der Waals surface area (Å²) in [4.78, 5) is 15.9. The first-order chi connectivity index (χ1) is 16.1. The van der Waals surface area contributed by atoms with Gasteiger partial charge in [0.1, 0.15) is 22.8 Å². The van der Waals surface area contributed by atoms with Gasteiger partial charge in [0.15, 0.2) is 0 Å². The molecule has 2 heterocycles. The average molecular weight is 463 g/mol. The van der Waals surface area contributed by atoms with Gasteiger partial charge < -0.3 is 19.6 Å². The topological polar surface area (TPSA) is 74.9 Å². The summed E-state index contributed by atoms with van der Waals surface area (Å²) >= 11 is 0. The molecule has 0 radical (unpaired) electrons. The number of methoxy groups -OCH3 is 1. The Morgan fingerprint density at radius 3 is 2.62 bits per heavy atom. The highest BCUT2D eigenvalue weighted by molar-refractivity contribution is 6.14. The Bertz CT molecular complexity index is 1240. The number of amides is 1. The number of phenolic OH excluding ortho intramolecular Hbond substituents is 1. The molecule has 2 bridgehead atoms. The smallest absolute Gasteiger partial charge is 0.259 e. The number of hydrogen-bond donors (Lipinski definition) is 2. The molecule has 2 atom stereocenters. The molecule has 2 aromatic carbocycles. The number of carbonyl (C=O) groups is 1. The Hall–Kier alpha value is -2.99. The maximum absolute atomic E-state index is 13.4. The van der Waals surface area contributed by atoms with Crippen molar-refractivity contribution in [3.8, 4) is 11.5 Å². The summed E-state index contributed by atoms with van der Waals surface area (Å²) in [6.45, 7) is 10.5. The van der Waals surface area contributed by atoms with Crippen molar-refractivity contribution in [1.29, 1.82) is 0 Å². The van der Waals surface area contributed by atoms with Crippen LogP contribution < -0.4 is 10.1 Å². The molecule has 2 fully saturated rings. The van der Waals surface area contributed by atoms with Crippen LogP contribution in [0.1, 0.15) is 61.7 Å². The number of anilines is 1. The molecule has 2 unspecified atom stereocenters. The molecule has 180 valence electrons. The van der Waals surface area contributed by atoms with Gasteiger partial charge in [-0.25, -0.2) is 0 Å². The van der Waals surface area contributed by atoms with Gasteiger partial charge in [-0.3, -0.25) is 9.69 Å². The van der Waals surface area contributed by atoms with E-state index >= 15 is 0 Å². The predicted molar refractivity (Wildman–Crippen MR) is 133 cm³/mol. The van der Waals surface area contributed by atoms with Crippen LogP contribution in [0.15, 0.2) is 40.8 Å². The fourth-order valence-corrected chi connectivity index (χ4v) is 6.63. The van der Waals surface area contributed by atoms with Crippen LogP contribution in [-0.2, 0) is 6.54 Å². The molecule has 1 aromatic heterocycles. The number of nitrogens with zero attached hydrogens (tertiary/aromatic N) is 1. The van der Waals surface area contributed by atoms with Gasteiger partial charge in [0, 0.05) is 35.8 Å². The van der Waals surface area contributed by atoms with Crippen molar-refractivity contribution >= 4 is 22.6 Å². The Labute approximate surface area is 200 Å². The highest BCUT2D eigenvalue weighted by atomic mass is 16.5. The second-order valence-electron chi connectivity index (χ2n) is 11.3. The zero-order valence-corrected chi connectivity index (χ0v) is 20.7.